The summed E-state index contributed by atoms with van der Waals surface area (Å²) in [6, 6.07) is 5.53. The zero-order valence-corrected chi connectivity index (χ0v) is 16.6. The van der Waals surface area contributed by atoms with Gasteiger partial charge < -0.3 is 19.8 Å². The maximum absolute atomic E-state index is 13.2. The van der Waals surface area contributed by atoms with E-state index in [2.05, 4.69) is 15.3 Å². The molecule has 3 aliphatic rings. The molecule has 1 fully saturated rings. The lowest BCUT2D eigenvalue weighted by Gasteiger charge is -2.09. The molecule has 7 nitrogen and oxygen atoms in total. The summed E-state index contributed by atoms with van der Waals surface area (Å²) in [7, 11) is 0. The quantitative estimate of drug-likeness (QED) is 0.418. The summed E-state index contributed by atoms with van der Waals surface area (Å²) >= 11 is 0. The van der Waals surface area contributed by atoms with E-state index in [0.29, 0.717) is 11.6 Å². The van der Waals surface area contributed by atoms with Gasteiger partial charge in [0.05, 0.1) is 6.61 Å². The van der Waals surface area contributed by atoms with E-state index < -0.39 is 17.6 Å². The molecule has 0 bridgehead atoms. The lowest BCUT2D eigenvalue weighted by Crippen LogP contribution is -2.17. The molecule has 8 heteroatoms. The highest BCUT2D eigenvalue weighted by atomic mass is 19.1. The molecular formula is C23H20FN3O4. The maximum atomic E-state index is 13.2. The minimum Gasteiger partial charge on any atom is -0.462 e. The number of carbonyl (C=O) groups is 2. The third-order valence-electron chi connectivity index (χ3n) is 5.37. The number of allylic oxidation sites excluding steroid dienone is 1. The van der Waals surface area contributed by atoms with Gasteiger partial charge in [0.25, 0.3) is 0 Å². The van der Waals surface area contributed by atoms with E-state index in [4.69, 9.17) is 9.47 Å². The van der Waals surface area contributed by atoms with Crippen molar-refractivity contribution in [1.29, 1.82) is 0 Å². The Kier molecular flexibility index (Phi) is 4.89. The van der Waals surface area contributed by atoms with E-state index in [1.165, 1.54) is 24.3 Å². The Morgan fingerprint density at radius 1 is 1.32 bits per heavy atom. The minimum atomic E-state index is -0.731. The molecule has 0 radical (unpaired) electrons. The normalized spacial score (nSPS) is 18.9. The van der Waals surface area contributed by atoms with Crippen molar-refractivity contribution in [3.8, 4) is 0 Å². The number of ketones is 1. The number of ether oxygens (including phenoxy) is 2. The molecule has 3 heterocycles. The second-order valence-electron chi connectivity index (χ2n) is 7.74. The number of carbonyl (C=O) groups excluding carboxylic acids is 2. The van der Waals surface area contributed by atoms with Crippen molar-refractivity contribution >= 4 is 35.5 Å². The van der Waals surface area contributed by atoms with Gasteiger partial charge in [0.2, 0.25) is 11.7 Å². The van der Waals surface area contributed by atoms with Crippen LogP contribution in [0.4, 0.5) is 15.9 Å². The van der Waals surface area contributed by atoms with Crippen LogP contribution >= 0.6 is 0 Å². The Labute approximate surface area is 177 Å². The number of aliphatic imine (C=N–C) groups is 1. The third kappa shape index (κ3) is 4.01. The zero-order valence-electron chi connectivity index (χ0n) is 16.6. The predicted molar refractivity (Wildman–Crippen MR) is 112 cm³/mol. The van der Waals surface area contributed by atoms with Gasteiger partial charge >= 0.3 is 5.97 Å². The van der Waals surface area contributed by atoms with Crippen molar-refractivity contribution in [2.24, 2.45) is 10.9 Å². The first-order valence-electron chi connectivity index (χ1n) is 10.2. The van der Waals surface area contributed by atoms with E-state index in [9.17, 15) is 14.0 Å². The van der Waals surface area contributed by atoms with Gasteiger partial charge in [-0.2, -0.15) is 0 Å². The lowest BCUT2D eigenvalue weighted by atomic mass is 10.0. The summed E-state index contributed by atoms with van der Waals surface area (Å²) in [4.78, 5) is 33.1. The fourth-order valence-electron chi connectivity index (χ4n) is 3.49. The monoisotopic (exact) mass is 421 g/mol. The number of aromatic amines is 1. The Hall–Kier alpha value is -3.68. The summed E-state index contributed by atoms with van der Waals surface area (Å²) in [5, 5.41) is 2.90. The molecule has 0 spiro atoms. The highest BCUT2D eigenvalue weighted by Crippen LogP contribution is 2.33. The SMILES string of the molecule is O=C(OCC1CC1)C1=C(Nc2ccc(F)cc2)O/C(=C\c2c[nH]c3c2CCC=N3)C1=O. The molecule has 2 N–H and O–H groups in total. The van der Waals surface area contributed by atoms with Crippen LogP contribution in [0.3, 0.4) is 0 Å². The maximum Gasteiger partial charge on any atom is 0.347 e. The van der Waals surface area contributed by atoms with Gasteiger partial charge in [0.15, 0.2) is 11.3 Å². The van der Waals surface area contributed by atoms with Crippen molar-refractivity contribution in [2.75, 3.05) is 11.9 Å². The Morgan fingerprint density at radius 2 is 2.13 bits per heavy atom. The number of benzene rings is 1. The first kappa shape index (κ1) is 19.3. The molecule has 0 unspecified atom stereocenters. The summed E-state index contributed by atoms with van der Waals surface area (Å²) in [5.74, 6) is -0.578. The number of nitrogens with one attached hydrogen (secondary N) is 2. The highest BCUT2D eigenvalue weighted by Gasteiger charge is 2.38. The molecule has 1 saturated carbocycles. The Morgan fingerprint density at radius 3 is 2.90 bits per heavy atom. The molecule has 31 heavy (non-hydrogen) atoms. The molecule has 0 amide bonds. The summed E-state index contributed by atoms with van der Waals surface area (Å²) in [5.41, 5.74) is 2.05. The second-order valence-corrected chi connectivity index (χ2v) is 7.74. The zero-order chi connectivity index (χ0) is 21.4. The summed E-state index contributed by atoms with van der Waals surface area (Å²) in [6.45, 7) is 0.280. The number of esters is 1. The molecule has 0 atom stereocenters. The lowest BCUT2D eigenvalue weighted by molar-refractivity contribution is -0.140. The molecule has 1 aliphatic carbocycles. The number of rotatable bonds is 6. The van der Waals surface area contributed by atoms with E-state index in [-0.39, 0.29) is 23.8 Å². The van der Waals surface area contributed by atoms with Crippen LogP contribution in [0.2, 0.25) is 0 Å². The number of fused-ring (bicyclic) bond motifs is 1. The Balaban J connectivity index is 1.44. The van der Waals surface area contributed by atoms with Gasteiger partial charge in [-0.25, -0.2) is 14.2 Å². The van der Waals surface area contributed by atoms with Crippen LogP contribution in [0.25, 0.3) is 6.08 Å². The summed E-state index contributed by atoms with van der Waals surface area (Å²) < 4.78 is 24.3. The topological polar surface area (TPSA) is 92.8 Å². The van der Waals surface area contributed by atoms with Crippen LogP contribution in [-0.2, 0) is 25.5 Å². The number of H-pyrrole nitrogens is 1. The van der Waals surface area contributed by atoms with Gasteiger partial charge in [-0.05, 0) is 61.9 Å². The molecule has 1 aromatic carbocycles. The van der Waals surface area contributed by atoms with Gasteiger partial charge in [-0.15, -0.1) is 0 Å². The third-order valence-corrected chi connectivity index (χ3v) is 5.37. The van der Waals surface area contributed by atoms with E-state index in [1.54, 1.807) is 12.3 Å². The first-order chi connectivity index (χ1) is 15.1. The van der Waals surface area contributed by atoms with Crippen LogP contribution in [0.1, 0.15) is 30.4 Å². The standard InChI is InChI=1S/C23H20FN3O4/c24-15-5-7-16(8-6-15)27-22-19(23(29)30-12-13-3-4-13)20(28)18(31-22)10-14-11-26-21-17(14)2-1-9-25-21/h5-11,13,26-27H,1-4,12H2/b18-10-. The van der Waals surface area contributed by atoms with Gasteiger partial charge in [0, 0.05) is 29.2 Å². The molecule has 2 aromatic rings. The number of hydrogen-bond acceptors (Lipinski definition) is 6. The predicted octanol–water partition coefficient (Wildman–Crippen LogP) is 4.02. The number of aromatic nitrogens is 1. The van der Waals surface area contributed by atoms with Crippen LogP contribution in [-0.4, -0.2) is 29.6 Å². The van der Waals surface area contributed by atoms with E-state index in [1.807, 2.05) is 6.21 Å². The average Bonchev–Trinajstić information content (AvgIpc) is 3.45. The van der Waals surface area contributed by atoms with Crippen molar-refractivity contribution in [3.63, 3.8) is 0 Å². The second kappa shape index (κ2) is 7.86. The van der Waals surface area contributed by atoms with E-state index in [0.717, 1.165) is 42.6 Å². The van der Waals surface area contributed by atoms with Crippen molar-refractivity contribution in [1.82, 2.24) is 4.98 Å². The summed E-state index contributed by atoms with van der Waals surface area (Å²) in [6.07, 6.45) is 8.84. The molecule has 1 aromatic heterocycles. The molecule has 2 aliphatic heterocycles. The van der Waals surface area contributed by atoms with Crippen LogP contribution in [0.5, 0.6) is 0 Å². The molecular weight excluding hydrogens is 401 g/mol. The van der Waals surface area contributed by atoms with Crippen LogP contribution in [0, 0.1) is 11.7 Å². The Bertz CT molecular complexity index is 1140. The number of Topliss-reactive ketones (excluding diaryl/α,β-unsaturated/α-hetero) is 1. The fraction of sp³-hybridized carbons (Fsp3) is 0.261. The first-order valence-corrected chi connectivity index (χ1v) is 10.2. The molecule has 158 valence electrons. The fourth-order valence-corrected chi connectivity index (χ4v) is 3.49. The minimum absolute atomic E-state index is 0.0133. The van der Waals surface area contributed by atoms with Gasteiger partial charge in [0.1, 0.15) is 11.6 Å². The van der Waals surface area contributed by atoms with Gasteiger partial charge in [-0.3, -0.25) is 4.79 Å². The number of hydrogen-bond donors (Lipinski definition) is 2. The van der Waals surface area contributed by atoms with Crippen molar-refractivity contribution < 1.29 is 23.5 Å². The smallest absolute Gasteiger partial charge is 0.347 e. The largest absolute Gasteiger partial charge is 0.462 e. The number of anilines is 1. The number of halogens is 1. The highest BCUT2D eigenvalue weighted by molar-refractivity contribution is 6.26. The van der Waals surface area contributed by atoms with Crippen LogP contribution in [0.15, 0.2) is 52.7 Å². The average molecular weight is 421 g/mol. The molecule has 5 rings (SSSR count). The van der Waals surface area contributed by atoms with Crippen molar-refractivity contribution in [2.45, 2.75) is 25.7 Å². The van der Waals surface area contributed by atoms with Gasteiger partial charge in [-0.1, -0.05) is 0 Å². The van der Waals surface area contributed by atoms with Crippen molar-refractivity contribution in [3.05, 3.63) is 64.6 Å². The number of nitrogens with zero attached hydrogens (tertiary/aromatic N) is 1. The molecule has 0 saturated heterocycles. The van der Waals surface area contributed by atoms with E-state index >= 15 is 0 Å². The van der Waals surface area contributed by atoms with Crippen LogP contribution < -0.4 is 5.32 Å².